The Hall–Kier alpha value is -2.91. The van der Waals surface area contributed by atoms with Gasteiger partial charge in [-0.3, -0.25) is 4.79 Å². The number of amides is 1. The highest BCUT2D eigenvalue weighted by Crippen LogP contribution is 2.27. The summed E-state index contributed by atoms with van der Waals surface area (Å²) in [5.74, 6) is 0.716. The number of carbonyl (C=O) groups is 1. The summed E-state index contributed by atoms with van der Waals surface area (Å²) in [6.07, 6.45) is 5.33. The Morgan fingerprint density at radius 2 is 1.61 bits per heavy atom. The summed E-state index contributed by atoms with van der Waals surface area (Å²) in [6.45, 7) is 1.07. The molecule has 2 aromatic carbocycles. The van der Waals surface area contributed by atoms with Crippen LogP contribution < -0.4 is 14.9 Å². The van der Waals surface area contributed by atoms with Crippen molar-refractivity contribution >= 4 is 22.1 Å². The van der Waals surface area contributed by atoms with Crippen molar-refractivity contribution in [3.8, 4) is 11.5 Å². The Balaban J connectivity index is 1.64. The normalized spacial score (nSPS) is 15.4. The van der Waals surface area contributed by atoms with E-state index in [9.17, 15) is 13.2 Å². The van der Waals surface area contributed by atoms with E-state index in [1.165, 1.54) is 41.9 Å². The maximum absolute atomic E-state index is 12.8. The Morgan fingerprint density at radius 1 is 0.968 bits per heavy atom. The molecule has 1 N–H and O–H groups in total. The molecular weight excluding hydrogens is 418 g/mol. The first-order valence-corrected chi connectivity index (χ1v) is 11.6. The van der Waals surface area contributed by atoms with E-state index in [4.69, 9.17) is 9.47 Å². The van der Waals surface area contributed by atoms with Crippen LogP contribution in [0.1, 0.15) is 41.6 Å². The molecule has 166 valence electrons. The number of methoxy groups -OCH3 is 2. The molecule has 0 unspecified atom stereocenters. The monoisotopic (exact) mass is 445 g/mol. The highest BCUT2D eigenvalue weighted by atomic mass is 32.2. The van der Waals surface area contributed by atoms with Crippen LogP contribution in [-0.4, -0.2) is 52.2 Å². The van der Waals surface area contributed by atoms with E-state index >= 15 is 0 Å². The van der Waals surface area contributed by atoms with E-state index in [1.807, 2.05) is 0 Å². The van der Waals surface area contributed by atoms with Crippen LogP contribution in [0.5, 0.6) is 11.5 Å². The van der Waals surface area contributed by atoms with Crippen molar-refractivity contribution in [2.24, 2.45) is 5.10 Å². The van der Waals surface area contributed by atoms with Crippen LogP contribution >= 0.6 is 0 Å². The van der Waals surface area contributed by atoms with Gasteiger partial charge in [0, 0.05) is 18.7 Å². The number of hydrogen-bond acceptors (Lipinski definition) is 6. The van der Waals surface area contributed by atoms with Crippen LogP contribution in [0.2, 0.25) is 0 Å². The van der Waals surface area contributed by atoms with E-state index in [1.54, 1.807) is 25.3 Å². The van der Waals surface area contributed by atoms with Crippen molar-refractivity contribution in [1.29, 1.82) is 0 Å². The third-order valence-corrected chi connectivity index (χ3v) is 7.02. The van der Waals surface area contributed by atoms with Crippen LogP contribution in [0, 0.1) is 0 Å². The summed E-state index contributed by atoms with van der Waals surface area (Å²) in [5, 5.41) is 3.96. The molecule has 0 aliphatic carbocycles. The number of nitrogens with one attached hydrogen (secondary N) is 1. The molecule has 31 heavy (non-hydrogen) atoms. The third-order valence-electron chi connectivity index (χ3n) is 5.11. The second kappa shape index (κ2) is 10.4. The van der Waals surface area contributed by atoms with E-state index in [2.05, 4.69) is 10.5 Å². The molecule has 1 fully saturated rings. The molecule has 2 aromatic rings. The molecule has 0 atom stereocenters. The molecule has 0 aromatic heterocycles. The van der Waals surface area contributed by atoms with Gasteiger partial charge in [-0.25, -0.2) is 13.8 Å². The second-order valence-electron chi connectivity index (χ2n) is 7.16. The Labute approximate surface area is 182 Å². The first-order chi connectivity index (χ1) is 15.0. The summed E-state index contributed by atoms with van der Waals surface area (Å²) >= 11 is 0. The van der Waals surface area contributed by atoms with Crippen LogP contribution in [0.15, 0.2) is 52.5 Å². The molecule has 1 aliphatic heterocycles. The average molecular weight is 446 g/mol. The summed E-state index contributed by atoms with van der Waals surface area (Å²) in [5.41, 5.74) is 3.48. The van der Waals surface area contributed by atoms with E-state index in [0.29, 0.717) is 30.2 Å². The molecule has 8 nitrogen and oxygen atoms in total. The van der Waals surface area contributed by atoms with Crippen molar-refractivity contribution in [3.05, 3.63) is 53.6 Å². The van der Waals surface area contributed by atoms with Gasteiger partial charge in [0.2, 0.25) is 10.0 Å². The van der Waals surface area contributed by atoms with Gasteiger partial charge in [-0.15, -0.1) is 0 Å². The maximum Gasteiger partial charge on any atom is 0.271 e. The van der Waals surface area contributed by atoms with Gasteiger partial charge in [0.1, 0.15) is 0 Å². The Kier molecular flexibility index (Phi) is 7.64. The lowest BCUT2D eigenvalue weighted by atomic mass is 10.2. The Bertz CT molecular complexity index is 1030. The summed E-state index contributed by atoms with van der Waals surface area (Å²) in [4.78, 5) is 12.5. The van der Waals surface area contributed by atoms with Gasteiger partial charge in [0.05, 0.1) is 25.3 Å². The molecule has 3 rings (SSSR count). The van der Waals surface area contributed by atoms with Gasteiger partial charge in [-0.1, -0.05) is 12.8 Å². The fourth-order valence-electron chi connectivity index (χ4n) is 3.37. The number of hydrogen-bond donors (Lipinski definition) is 1. The van der Waals surface area contributed by atoms with Crippen LogP contribution in [0.3, 0.4) is 0 Å². The first-order valence-electron chi connectivity index (χ1n) is 10.1. The largest absolute Gasteiger partial charge is 0.493 e. The molecule has 1 saturated heterocycles. The highest BCUT2D eigenvalue weighted by molar-refractivity contribution is 7.89. The SMILES string of the molecule is COc1ccc(/C=N/NC(=O)c2ccc(S(=O)(=O)N3CCCCCC3)cc2)cc1OC. The van der Waals surface area contributed by atoms with Crippen molar-refractivity contribution in [2.45, 2.75) is 30.6 Å². The molecule has 0 bridgehead atoms. The maximum atomic E-state index is 12.8. The van der Waals surface area contributed by atoms with E-state index in [-0.39, 0.29) is 4.90 Å². The van der Waals surface area contributed by atoms with Crippen molar-refractivity contribution in [1.82, 2.24) is 9.73 Å². The molecule has 0 radical (unpaired) electrons. The predicted molar refractivity (Wildman–Crippen MR) is 118 cm³/mol. The Morgan fingerprint density at radius 3 is 2.23 bits per heavy atom. The molecule has 0 spiro atoms. The lowest BCUT2D eigenvalue weighted by Crippen LogP contribution is -2.32. The van der Waals surface area contributed by atoms with Gasteiger partial charge in [0.15, 0.2) is 11.5 Å². The summed E-state index contributed by atoms with van der Waals surface area (Å²) in [6, 6.07) is 11.2. The summed E-state index contributed by atoms with van der Waals surface area (Å²) in [7, 11) is -0.453. The lowest BCUT2D eigenvalue weighted by molar-refractivity contribution is 0.0955. The van der Waals surface area contributed by atoms with Gasteiger partial charge >= 0.3 is 0 Å². The fraction of sp³-hybridized carbons (Fsp3) is 0.364. The minimum Gasteiger partial charge on any atom is -0.493 e. The zero-order valence-corrected chi connectivity index (χ0v) is 18.5. The summed E-state index contributed by atoms with van der Waals surface area (Å²) < 4.78 is 37.6. The minimum absolute atomic E-state index is 0.194. The second-order valence-corrected chi connectivity index (χ2v) is 9.09. The molecule has 0 saturated carbocycles. The lowest BCUT2D eigenvalue weighted by Gasteiger charge is -2.19. The standard InChI is InChI=1S/C22H27N3O5S/c1-29-20-12-7-17(15-21(20)30-2)16-23-24-22(26)18-8-10-19(11-9-18)31(27,28)25-13-5-3-4-6-14-25/h7-12,15-16H,3-6,13-14H2,1-2H3,(H,24,26)/b23-16+. The third kappa shape index (κ3) is 5.62. The average Bonchev–Trinajstić information content (AvgIpc) is 3.09. The number of rotatable bonds is 7. The van der Waals surface area contributed by atoms with Crippen molar-refractivity contribution in [3.63, 3.8) is 0 Å². The minimum atomic E-state index is -3.54. The van der Waals surface area contributed by atoms with Gasteiger partial charge in [0.25, 0.3) is 5.91 Å². The highest BCUT2D eigenvalue weighted by Gasteiger charge is 2.25. The zero-order chi connectivity index (χ0) is 22.3. The van der Waals surface area contributed by atoms with Crippen molar-refractivity contribution in [2.75, 3.05) is 27.3 Å². The first kappa shape index (κ1) is 22.8. The van der Waals surface area contributed by atoms with Crippen LogP contribution in [0.4, 0.5) is 0 Å². The molecule has 1 aliphatic rings. The number of carbonyl (C=O) groups excluding carboxylic acids is 1. The van der Waals surface area contributed by atoms with Gasteiger partial charge < -0.3 is 9.47 Å². The zero-order valence-electron chi connectivity index (χ0n) is 17.7. The molecular formula is C22H27N3O5S. The number of hydrazone groups is 1. The number of ether oxygens (including phenoxy) is 2. The van der Waals surface area contributed by atoms with Crippen LogP contribution in [-0.2, 0) is 10.0 Å². The van der Waals surface area contributed by atoms with Crippen LogP contribution in [0.25, 0.3) is 0 Å². The van der Waals surface area contributed by atoms with Gasteiger partial charge in [-0.2, -0.15) is 9.41 Å². The smallest absolute Gasteiger partial charge is 0.271 e. The number of nitrogens with zero attached hydrogens (tertiary/aromatic N) is 2. The quantitative estimate of drug-likeness (QED) is 0.522. The predicted octanol–water partition coefficient (Wildman–Crippen LogP) is 3.03. The fourth-order valence-corrected chi connectivity index (χ4v) is 4.89. The van der Waals surface area contributed by atoms with Gasteiger partial charge in [-0.05, 0) is 60.9 Å². The molecule has 1 heterocycles. The van der Waals surface area contributed by atoms with E-state index < -0.39 is 15.9 Å². The number of benzene rings is 2. The molecule has 1 amide bonds. The molecule has 9 heteroatoms. The van der Waals surface area contributed by atoms with Crippen molar-refractivity contribution < 1.29 is 22.7 Å². The topological polar surface area (TPSA) is 97.3 Å². The number of sulfonamides is 1. The van der Waals surface area contributed by atoms with E-state index in [0.717, 1.165) is 31.2 Å².